The molecule has 0 radical (unpaired) electrons. The van der Waals surface area contributed by atoms with Crippen LogP contribution in [0.5, 0.6) is 0 Å². The van der Waals surface area contributed by atoms with E-state index in [1.807, 2.05) is 0 Å². The van der Waals surface area contributed by atoms with Crippen LogP contribution in [0.1, 0.15) is 181 Å². The van der Waals surface area contributed by atoms with E-state index >= 15 is 0 Å². The van der Waals surface area contributed by atoms with Crippen molar-refractivity contribution in [2.75, 3.05) is 5.75 Å². The maximum absolute atomic E-state index is 12.5. The van der Waals surface area contributed by atoms with Crippen LogP contribution in [0.4, 0.5) is 0 Å². The maximum atomic E-state index is 12.5. The Morgan fingerprint density at radius 1 is 0.574 bits per heavy atom. The van der Waals surface area contributed by atoms with Crippen molar-refractivity contribution in [2.45, 2.75) is 199 Å². The van der Waals surface area contributed by atoms with Gasteiger partial charge in [0.1, 0.15) is 6.10 Å². The standard InChI is InChI=1S/C39H73NO6S/c1-3-5-7-9-11-13-15-17-18-19-20-22-23-25-27-29-31-33-37(41)36(35-47(44,45)46)40-39(43)38(42)34-32-30-28-26-24-21-16-14-12-10-8-6-4-2/h18-19,23,25,31,33,36-38,41-42H,3-17,20-22,24,26-30,32,34-35H2,1-2H3,(H,40,43)(H,44,45,46)/b19-18+,25-23+,33-31+. The molecule has 0 bridgehead atoms. The van der Waals surface area contributed by atoms with E-state index in [9.17, 15) is 28.0 Å². The van der Waals surface area contributed by atoms with Crippen LogP contribution >= 0.6 is 0 Å². The van der Waals surface area contributed by atoms with Crippen LogP contribution in [0.15, 0.2) is 36.5 Å². The summed E-state index contributed by atoms with van der Waals surface area (Å²) in [5.74, 6) is -1.56. The molecule has 276 valence electrons. The average Bonchev–Trinajstić information content (AvgIpc) is 3.03. The summed E-state index contributed by atoms with van der Waals surface area (Å²) in [7, 11) is -4.45. The molecule has 0 aromatic carbocycles. The number of unbranched alkanes of at least 4 members (excludes halogenated alkanes) is 21. The molecule has 0 aromatic heterocycles. The highest BCUT2D eigenvalue weighted by molar-refractivity contribution is 7.85. The number of hydrogen-bond donors (Lipinski definition) is 4. The highest BCUT2D eigenvalue weighted by atomic mass is 32.2. The molecule has 0 saturated heterocycles. The molecule has 3 unspecified atom stereocenters. The van der Waals surface area contributed by atoms with Crippen LogP contribution in [0.3, 0.4) is 0 Å². The minimum absolute atomic E-state index is 0.273. The molecule has 7 nitrogen and oxygen atoms in total. The van der Waals surface area contributed by atoms with E-state index in [0.29, 0.717) is 12.8 Å². The van der Waals surface area contributed by atoms with Gasteiger partial charge in [0, 0.05) is 0 Å². The van der Waals surface area contributed by atoms with Gasteiger partial charge < -0.3 is 15.5 Å². The summed E-state index contributed by atoms with van der Waals surface area (Å²) in [6.07, 6.45) is 39.1. The number of hydrogen-bond acceptors (Lipinski definition) is 5. The minimum Gasteiger partial charge on any atom is -0.387 e. The van der Waals surface area contributed by atoms with Crippen molar-refractivity contribution in [3.8, 4) is 0 Å². The minimum atomic E-state index is -4.45. The molecule has 0 spiro atoms. The zero-order chi connectivity index (χ0) is 34.9. The van der Waals surface area contributed by atoms with Crippen molar-refractivity contribution in [1.29, 1.82) is 0 Å². The summed E-state index contributed by atoms with van der Waals surface area (Å²) < 4.78 is 32.4. The van der Waals surface area contributed by atoms with Crippen molar-refractivity contribution >= 4 is 16.0 Å². The van der Waals surface area contributed by atoms with E-state index in [0.717, 1.165) is 44.9 Å². The summed E-state index contributed by atoms with van der Waals surface area (Å²) in [5, 5.41) is 23.3. The van der Waals surface area contributed by atoms with E-state index in [2.05, 4.69) is 43.5 Å². The maximum Gasteiger partial charge on any atom is 0.267 e. The lowest BCUT2D eigenvalue weighted by Crippen LogP contribution is -2.50. The van der Waals surface area contributed by atoms with Crippen molar-refractivity contribution < 1.29 is 28.0 Å². The Balaban J connectivity index is 4.17. The van der Waals surface area contributed by atoms with Crippen LogP contribution < -0.4 is 5.32 Å². The third-order valence-electron chi connectivity index (χ3n) is 8.65. The van der Waals surface area contributed by atoms with E-state index in [4.69, 9.17) is 0 Å². The van der Waals surface area contributed by atoms with Gasteiger partial charge in [-0.15, -0.1) is 0 Å². The van der Waals surface area contributed by atoms with Gasteiger partial charge in [0.25, 0.3) is 10.1 Å². The summed E-state index contributed by atoms with van der Waals surface area (Å²) in [4.78, 5) is 12.5. The molecular formula is C39H73NO6S. The lowest BCUT2D eigenvalue weighted by atomic mass is 10.0. The molecule has 0 heterocycles. The molecule has 1 amide bonds. The normalized spacial score (nSPS) is 14.4. The molecule has 0 saturated carbocycles. The van der Waals surface area contributed by atoms with Crippen molar-refractivity contribution in [3.63, 3.8) is 0 Å². The van der Waals surface area contributed by atoms with Crippen LogP contribution in [0.25, 0.3) is 0 Å². The molecule has 0 aliphatic carbocycles. The van der Waals surface area contributed by atoms with Gasteiger partial charge in [0.15, 0.2) is 0 Å². The third kappa shape index (κ3) is 32.8. The Morgan fingerprint density at radius 2 is 0.957 bits per heavy atom. The predicted molar refractivity (Wildman–Crippen MR) is 199 cm³/mol. The van der Waals surface area contributed by atoms with E-state index in [-0.39, 0.29) is 6.42 Å². The van der Waals surface area contributed by atoms with Crippen LogP contribution in [0.2, 0.25) is 0 Å². The molecular weight excluding hydrogens is 610 g/mol. The fourth-order valence-electron chi connectivity index (χ4n) is 5.66. The largest absolute Gasteiger partial charge is 0.387 e. The molecule has 0 fully saturated rings. The van der Waals surface area contributed by atoms with Crippen LogP contribution in [-0.4, -0.2) is 53.1 Å². The SMILES string of the molecule is CCCCCCCCC/C=C/CC/C=C/CC/C=C/C(O)C(CS(=O)(=O)O)NC(=O)C(O)CCCCCCCCCCCCCCC. The second-order valence-corrected chi connectivity index (χ2v) is 14.8. The summed E-state index contributed by atoms with van der Waals surface area (Å²) >= 11 is 0. The highest BCUT2D eigenvalue weighted by Crippen LogP contribution is 2.14. The van der Waals surface area contributed by atoms with E-state index in [1.165, 1.54) is 109 Å². The number of aliphatic hydroxyl groups is 2. The van der Waals surface area contributed by atoms with Gasteiger partial charge in [-0.1, -0.05) is 172 Å². The number of carbonyl (C=O) groups excluding carboxylic acids is 1. The van der Waals surface area contributed by atoms with Gasteiger partial charge >= 0.3 is 0 Å². The number of amides is 1. The zero-order valence-corrected chi connectivity index (χ0v) is 31.1. The van der Waals surface area contributed by atoms with E-state index < -0.39 is 40.0 Å². The Morgan fingerprint density at radius 3 is 1.40 bits per heavy atom. The molecule has 0 aromatic rings. The molecule has 47 heavy (non-hydrogen) atoms. The fraction of sp³-hybridized carbons (Fsp3) is 0.821. The summed E-state index contributed by atoms with van der Waals surface area (Å²) in [6, 6.07) is -1.25. The predicted octanol–water partition coefficient (Wildman–Crippen LogP) is 9.93. The monoisotopic (exact) mass is 684 g/mol. The first-order valence-electron chi connectivity index (χ1n) is 19.3. The number of carbonyl (C=O) groups is 1. The van der Waals surface area contributed by atoms with Gasteiger partial charge in [0.05, 0.1) is 17.9 Å². The molecule has 0 rings (SSSR count). The van der Waals surface area contributed by atoms with Crippen molar-refractivity contribution in [3.05, 3.63) is 36.5 Å². The molecule has 3 atom stereocenters. The van der Waals surface area contributed by atoms with Crippen LogP contribution in [0, 0.1) is 0 Å². The Hall–Kier alpha value is -1.48. The van der Waals surface area contributed by atoms with Gasteiger partial charge in [-0.3, -0.25) is 9.35 Å². The molecule has 0 aliphatic rings. The second kappa shape index (κ2) is 33.0. The number of rotatable bonds is 34. The first kappa shape index (κ1) is 45.5. The zero-order valence-electron chi connectivity index (χ0n) is 30.3. The highest BCUT2D eigenvalue weighted by Gasteiger charge is 2.27. The van der Waals surface area contributed by atoms with E-state index in [1.54, 1.807) is 6.08 Å². The van der Waals surface area contributed by atoms with Crippen molar-refractivity contribution in [2.24, 2.45) is 0 Å². The number of aliphatic hydroxyl groups excluding tert-OH is 2. The Kier molecular flexibility index (Phi) is 32.0. The lowest BCUT2D eigenvalue weighted by molar-refractivity contribution is -0.130. The number of nitrogens with one attached hydrogen (secondary N) is 1. The first-order valence-corrected chi connectivity index (χ1v) is 20.9. The van der Waals surface area contributed by atoms with Gasteiger partial charge in [-0.05, 0) is 44.9 Å². The Bertz CT molecular complexity index is 901. The van der Waals surface area contributed by atoms with Crippen LogP contribution in [-0.2, 0) is 14.9 Å². The number of allylic oxidation sites excluding steroid dienone is 5. The van der Waals surface area contributed by atoms with Crippen molar-refractivity contribution in [1.82, 2.24) is 5.32 Å². The Labute approximate surface area is 289 Å². The third-order valence-corrected chi connectivity index (χ3v) is 9.44. The quantitative estimate of drug-likeness (QED) is 0.0304. The second-order valence-electron chi connectivity index (χ2n) is 13.3. The molecule has 0 aliphatic heterocycles. The summed E-state index contributed by atoms with van der Waals surface area (Å²) in [5.41, 5.74) is 0. The fourth-order valence-corrected chi connectivity index (χ4v) is 6.40. The average molecular weight is 684 g/mol. The van der Waals surface area contributed by atoms with Gasteiger partial charge in [-0.25, -0.2) is 0 Å². The molecule has 8 heteroatoms. The summed E-state index contributed by atoms with van der Waals surface area (Å²) in [6.45, 7) is 4.48. The first-order chi connectivity index (χ1) is 22.7. The smallest absolute Gasteiger partial charge is 0.267 e. The lowest BCUT2D eigenvalue weighted by Gasteiger charge is -2.22. The van der Waals surface area contributed by atoms with Gasteiger partial charge in [0.2, 0.25) is 5.91 Å². The van der Waals surface area contributed by atoms with Gasteiger partial charge in [-0.2, -0.15) is 8.42 Å². The molecule has 4 N–H and O–H groups in total. The topological polar surface area (TPSA) is 124 Å².